The third kappa shape index (κ3) is 9.10. The van der Waals surface area contributed by atoms with E-state index in [-0.39, 0.29) is 11.2 Å². The lowest BCUT2D eigenvalue weighted by molar-refractivity contribution is -0.115. The number of phenols is 1. The molecule has 37 heavy (non-hydrogen) atoms. The number of carbonyl (C=O) groups is 1. The Morgan fingerprint density at radius 2 is 1.32 bits per heavy atom. The number of carbonyl (C=O) groups excluding carboxylic acids is 1. The number of fused-ring (bicyclic) bond motifs is 1. The Bertz CT molecular complexity index is 1080. The van der Waals surface area contributed by atoms with Crippen LogP contribution < -0.4 is 5.32 Å². The Morgan fingerprint density at radius 3 is 1.86 bits per heavy atom. The number of unbranched alkanes of at least 4 members (excludes halogenated alkanes) is 8. The van der Waals surface area contributed by atoms with Gasteiger partial charge < -0.3 is 10.4 Å². The van der Waals surface area contributed by atoms with Crippen LogP contribution in [0.3, 0.4) is 0 Å². The maximum absolute atomic E-state index is 12.5. The largest absolute Gasteiger partial charge is 0.507 e. The molecule has 4 heteroatoms. The minimum atomic E-state index is 0.104. The van der Waals surface area contributed by atoms with Crippen LogP contribution in [-0.2, 0) is 4.79 Å². The molecule has 1 fully saturated rings. The number of aromatic hydroxyl groups is 1. The lowest BCUT2D eigenvalue weighted by Crippen LogP contribution is -2.20. The van der Waals surface area contributed by atoms with E-state index in [1.165, 1.54) is 68.6 Å². The Kier molecular flexibility index (Phi) is 11.9. The van der Waals surface area contributed by atoms with Crippen LogP contribution in [0, 0.1) is 20.8 Å². The van der Waals surface area contributed by atoms with E-state index in [4.69, 9.17) is 0 Å². The highest BCUT2D eigenvalue weighted by Crippen LogP contribution is 2.45. The van der Waals surface area contributed by atoms with Crippen LogP contribution in [-0.4, -0.2) is 21.5 Å². The third-order valence-corrected chi connectivity index (χ3v) is 8.78. The van der Waals surface area contributed by atoms with Crippen LogP contribution in [0.5, 0.6) is 5.75 Å². The number of thioether (sulfide) groups is 1. The molecule has 3 nitrogen and oxygen atoms in total. The molecule has 2 unspecified atom stereocenters. The SMILES string of the molecule is CCCCCCCCCCCC1SC1C(=O)Nc1cc(C)c(O)c(C)c1C.c1ccc2ccccc2c1. The van der Waals surface area contributed by atoms with Crippen molar-refractivity contribution in [3.8, 4) is 5.75 Å². The van der Waals surface area contributed by atoms with Gasteiger partial charge in [-0.25, -0.2) is 0 Å². The first kappa shape index (κ1) is 29.1. The van der Waals surface area contributed by atoms with Gasteiger partial charge in [0.1, 0.15) is 5.75 Å². The average molecular weight is 520 g/mol. The number of hydrogen-bond acceptors (Lipinski definition) is 3. The summed E-state index contributed by atoms with van der Waals surface area (Å²) < 4.78 is 0. The minimum absolute atomic E-state index is 0.104. The van der Waals surface area contributed by atoms with E-state index in [0.717, 1.165) is 28.8 Å². The van der Waals surface area contributed by atoms with Crippen LogP contribution in [0.15, 0.2) is 54.6 Å². The summed E-state index contributed by atoms with van der Waals surface area (Å²) >= 11 is 1.80. The second kappa shape index (κ2) is 15.1. The molecule has 0 spiro atoms. The number of phenolic OH excluding ortho intramolecular Hbond substituents is 1. The molecule has 0 aromatic heterocycles. The van der Waals surface area contributed by atoms with Crippen molar-refractivity contribution in [2.75, 3.05) is 5.32 Å². The predicted molar refractivity (Wildman–Crippen MR) is 162 cm³/mol. The van der Waals surface area contributed by atoms with Gasteiger partial charge in [-0.3, -0.25) is 4.79 Å². The Balaban J connectivity index is 0.000000313. The second-order valence-electron chi connectivity index (χ2n) is 10.4. The summed E-state index contributed by atoms with van der Waals surface area (Å²) in [6, 6.07) is 18.6. The van der Waals surface area contributed by atoms with Gasteiger partial charge in [0.15, 0.2) is 0 Å². The molecular formula is C33H45NO2S. The maximum Gasteiger partial charge on any atom is 0.238 e. The molecule has 0 bridgehead atoms. The van der Waals surface area contributed by atoms with Gasteiger partial charge in [-0.15, -0.1) is 11.8 Å². The highest BCUT2D eigenvalue weighted by Gasteiger charge is 2.43. The van der Waals surface area contributed by atoms with Crippen LogP contribution >= 0.6 is 11.8 Å². The molecule has 2 atom stereocenters. The number of amides is 1. The summed E-state index contributed by atoms with van der Waals surface area (Å²) in [5, 5.41) is 16.3. The zero-order valence-corrected chi connectivity index (χ0v) is 24.0. The second-order valence-corrected chi connectivity index (χ2v) is 11.8. The molecule has 0 saturated carbocycles. The fourth-order valence-corrected chi connectivity index (χ4v) is 5.82. The van der Waals surface area contributed by atoms with Gasteiger partial charge in [-0.2, -0.15) is 0 Å². The van der Waals surface area contributed by atoms with E-state index >= 15 is 0 Å². The molecular weight excluding hydrogens is 474 g/mol. The fraction of sp³-hybridized carbons (Fsp3) is 0.485. The first-order chi connectivity index (χ1) is 17.9. The van der Waals surface area contributed by atoms with Gasteiger partial charge in [-0.1, -0.05) is 113 Å². The first-order valence-corrected chi connectivity index (χ1v) is 15.1. The molecule has 1 aliphatic heterocycles. The molecule has 1 aliphatic rings. The highest BCUT2D eigenvalue weighted by molar-refractivity contribution is 8.08. The lowest BCUT2D eigenvalue weighted by Gasteiger charge is -2.13. The summed E-state index contributed by atoms with van der Waals surface area (Å²) in [6.07, 6.45) is 13.3. The van der Waals surface area contributed by atoms with Gasteiger partial charge >= 0.3 is 0 Å². The van der Waals surface area contributed by atoms with Crippen molar-refractivity contribution in [3.05, 3.63) is 71.3 Å². The zero-order valence-electron chi connectivity index (χ0n) is 23.2. The Labute approximate surface area is 228 Å². The molecule has 3 aromatic carbocycles. The van der Waals surface area contributed by atoms with E-state index < -0.39 is 0 Å². The minimum Gasteiger partial charge on any atom is -0.507 e. The van der Waals surface area contributed by atoms with E-state index in [2.05, 4.69) is 60.8 Å². The standard InChI is InChI=1S/C23H37NO2S.C10H8/c1-5-6-7-8-9-10-11-12-13-14-20-22(27-20)23(26)24-19-15-16(2)21(25)18(4)17(19)3;1-2-6-10-8-4-3-7-9(10)5-1/h15,20,22,25H,5-14H2,1-4H3,(H,24,26);1-8H. The molecule has 1 heterocycles. The molecule has 2 N–H and O–H groups in total. The summed E-state index contributed by atoms with van der Waals surface area (Å²) in [6.45, 7) is 7.98. The average Bonchev–Trinajstić information content (AvgIpc) is 3.70. The van der Waals surface area contributed by atoms with Gasteiger partial charge in [0.05, 0.1) is 5.25 Å². The van der Waals surface area contributed by atoms with Crippen molar-refractivity contribution in [2.24, 2.45) is 0 Å². The summed E-state index contributed by atoms with van der Waals surface area (Å²) in [5.41, 5.74) is 3.44. The number of benzene rings is 3. The Morgan fingerprint density at radius 1 is 0.811 bits per heavy atom. The molecule has 4 rings (SSSR count). The van der Waals surface area contributed by atoms with Gasteiger partial charge in [0.25, 0.3) is 0 Å². The Hall–Kier alpha value is -2.46. The van der Waals surface area contributed by atoms with Gasteiger partial charge in [-0.05, 0) is 60.7 Å². The fourth-order valence-electron chi connectivity index (χ4n) is 4.78. The molecule has 0 radical (unpaired) electrons. The third-order valence-electron chi connectivity index (χ3n) is 7.41. The van der Waals surface area contributed by atoms with Crippen LogP contribution in [0.4, 0.5) is 5.69 Å². The van der Waals surface area contributed by atoms with Crippen LogP contribution in [0.25, 0.3) is 10.8 Å². The van der Waals surface area contributed by atoms with Crippen molar-refractivity contribution in [2.45, 2.75) is 102 Å². The topological polar surface area (TPSA) is 49.3 Å². The number of anilines is 1. The van der Waals surface area contributed by atoms with Crippen molar-refractivity contribution < 1.29 is 9.90 Å². The van der Waals surface area contributed by atoms with E-state index in [0.29, 0.717) is 11.0 Å². The van der Waals surface area contributed by atoms with E-state index in [1.807, 2.05) is 26.8 Å². The van der Waals surface area contributed by atoms with Crippen molar-refractivity contribution in [3.63, 3.8) is 0 Å². The highest BCUT2D eigenvalue weighted by atomic mass is 32.2. The molecule has 200 valence electrons. The molecule has 1 amide bonds. The molecule has 0 aliphatic carbocycles. The van der Waals surface area contributed by atoms with Gasteiger partial charge in [0.2, 0.25) is 5.91 Å². The normalized spacial score (nSPS) is 16.2. The van der Waals surface area contributed by atoms with Crippen LogP contribution in [0.1, 0.15) is 87.8 Å². The number of aryl methyl sites for hydroxylation is 1. The van der Waals surface area contributed by atoms with E-state index in [9.17, 15) is 9.90 Å². The zero-order chi connectivity index (χ0) is 26.6. The smallest absolute Gasteiger partial charge is 0.238 e. The van der Waals surface area contributed by atoms with Crippen molar-refractivity contribution >= 4 is 34.1 Å². The maximum atomic E-state index is 12.5. The lowest BCUT2D eigenvalue weighted by atomic mass is 10.0. The monoisotopic (exact) mass is 519 g/mol. The summed E-state index contributed by atoms with van der Waals surface area (Å²) in [7, 11) is 0. The quantitative estimate of drug-likeness (QED) is 0.142. The predicted octanol–water partition coefficient (Wildman–Crippen LogP) is 9.50. The molecule has 3 aromatic rings. The van der Waals surface area contributed by atoms with E-state index in [1.54, 1.807) is 11.8 Å². The van der Waals surface area contributed by atoms with Crippen molar-refractivity contribution in [1.29, 1.82) is 0 Å². The van der Waals surface area contributed by atoms with Gasteiger partial charge in [0, 0.05) is 10.9 Å². The number of nitrogens with one attached hydrogen (secondary N) is 1. The van der Waals surface area contributed by atoms with Crippen LogP contribution in [0.2, 0.25) is 0 Å². The number of hydrogen-bond donors (Lipinski definition) is 2. The molecule has 1 saturated heterocycles. The summed E-state index contributed by atoms with van der Waals surface area (Å²) in [4.78, 5) is 12.5. The summed E-state index contributed by atoms with van der Waals surface area (Å²) in [5.74, 6) is 0.447. The first-order valence-electron chi connectivity index (χ1n) is 14.1. The van der Waals surface area contributed by atoms with Crippen molar-refractivity contribution in [1.82, 2.24) is 0 Å². The number of rotatable bonds is 12.